The van der Waals surface area contributed by atoms with Gasteiger partial charge in [-0.2, -0.15) is 0 Å². The number of ether oxygens (including phenoxy) is 1. The van der Waals surface area contributed by atoms with Gasteiger partial charge in [0.1, 0.15) is 0 Å². The van der Waals surface area contributed by atoms with Gasteiger partial charge in [0.2, 0.25) is 5.88 Å². The molecule has 0 radical (unpaired) electrons. The molecular formula is C18H27N3O2. The fourth-order valence-corrected chi connectivity index (χ4v) is 4.13. The van der Waals surface area contributed by atoms with Gasteiger partial charge in [0, 0.05) is 43.5 Å². The van der Waals surface area contributed by atoms with Crippen molar-refractivity contribution < 1.29 is 9.53 Å². The summed E-state index contributed by atoms with van der Waals surface area (Å²) in [6, 6.07) is 5.31. The average Bonchev–Trinajstić information content (AvgIpc) is 2.93. The molecule has 3 heterocycles. The van der Waals surface area contributed by atoms with Crippen LogP contribution in [0.4, 0.5) is 0 Å². The van der Waals surface area contributed by atoms with Gasteiger partial charge in [0.05, 0.1) is 12.7 Å². The zero-order chi connectivity index (χ0) is 16.4. The summed E-state index contributed by atoms with van der Waals surface area (Å²) in [6.45, 7) is 6.31. The van der Waals surface area contributed by atoms with Crippen molar-refractivity contribution in [3.63, 3.8) is 0 Å². The highest BCUT2D eigenvalue weighted by atomic mass is 16.5. The number of carbonyl (C=O) groups excluding carboxylic acids is 1. The Bertz CT molecular complexity index is 536. The van der Waals surface area contributed by atoms with Crippen LogP contribution in [0.1, 0.15) is 49.9 Å². The van der Waals surface area contributed by atoms with E-state index >= 15 is 0 Å². The van der Waals surface area contributed by atoms with E-state index in [9.17, 15) is 4.79 Å². The van der Waals surface area contributed by atoms with Gasteiger partial charge < -0.3 is 9.64 Å². The molecule has 126 valence electrons. The largest absolute Gasteiger partial charge is 0.481 e. The maximum Gasteiger partial charge on any atom is 0.255 e. The van der Waals surface area contributed by atoms with E-state index in [2.05, 4.69) is 23.7 Å². The van der Waals surface area contributed by atoms with Crippen LogP contribution in [0, 0.1) is 0 Å². The molecule has 3 atom stereocenters. The lowest BCUT2D eigenvalue weighted by molar-refractivity contribution is 0.0486. The van der Waals surface area contributed by atoms with E-state index in [4.69, 9.17) is 4.74 Å². The molecule has 0 bridgehead atoms. The van der Waals surface area contributed by atoms with Crippen LogP contribution in [0.2, 0.25) is 0 Å². The van der Waals surface area contributed by atoms with E-state index < -0.39 is 0 Å². The second-order valence-electron chi connectivity index (χ2n) is 6.86. The Morgan fingerprint density at radius 2 is 1.96 bits per heavy atom. The molecule has 0 aromatic carbocycles. The van der Waals surface area contributed by atoms with Crippen molar-refractivity contribution in [2.24, 2.45) is 0 Å². The van der Waals surface area contributed by atoms with Crippen LogP contribution in [0.15, 0.2) is 18.3 Å². The number of hydrogen-bond acceptors (Lipinski definition) is 4. The summed E-state index contributed by atoms with van der Waals surface area (Å²) in [5.41, 5.74) is 0.647. The molecule has 2 aliphatic rings. The molecule has 1 aromatic rings. The normalized spacial score (nSPS) is 28.8. The third-order valence-corrected chi connectivity index (χ3v) is 5.32. The van der Waals surface area contributed by atoms with Crippen molar-refractivity contribution in [3.05, 3.63) is 23.9 Å². The summed E-state index contributed by atoms with van der Waals surface area (Å²) in [7, 11) is 1.58. The summed E-state index contributed by atoms with van der Waals surface area (Å²) in [4.78, 5) is 21.5. The summed E-state index contributed by atoms with van der Waals surface area (Å²) in [6.07, 6.45) is 6.43. The van der Waals surface area contributed by atoms with Crippen molar-refractivity contribution in [2.75, 3.05) is 20.2 Å². The maximum atomic E-state index is 12.7. The summed E-state index contributed by atoms with van der Waals surface area (Å²) in [5.74, 6) is 0.627. The number of likely N-dealkylation sites (tertiary alicyclic amines) is 2. The van der Waals surface area contributed by atoms with E-state index in [1.165, 1.54) is 19.3 Å². The van der Waals surface area contributed by atoms with Crippen LogP contribution in [-0.4, -0.2) is 59.0 Å². The van der Waals surface area contributed by atoms with Crippen molar-refractivity contribution in [1.29, 1.82) is 0 Å². The molecule has 2 saturated heterocycles. The molecule has 0 spiro atoms. The predicted molar refractivity (Wildman–Crippen MR) is 89.7 cm³/mol. The van der Waals surface area contributed by atoms with Gasteiger partial charge in [-0.3, -0.25) is 9.69 Å². The Morgan fingerprint density at radius 1 is 1.22 bits per heavy atom. The van der Waals surface area contributed by atoms with Crippen LogP contribution in [0.25, 0.3) is 0 Å². The highest BCUT2D eigenvalue weighted by molar-refractivity contribution is 5.94. The van der Waals surface area contributed by atoms with Crippen molar-refractivity contribution in [2.45, 2.75) is 57.7 Å². The fourth-order valence-electron chi connectivity index (χ4n) is 4.13. The van der Waals surface area contributed by atoms with Crippen LogP contribution in [0.3, 0.4) is 0 Å². The zero-order valence-corrected chi connectivity index (χ0v) is 14.4. The first-order valence-electron chi connectivity index (χ1n) is 8.67. The SMILES string of the molecule is COc1ccc(C(=O)N2CCC[C@H](N3[C@H](C)CC[C@H]3C)C2)cn1. The number of pyridine rings is 1. The summed E-state index contributed by atoms with van der Waals surface area (Å²) in [5, 5.41) is 0. The lowest BCUT2D eigenvalue weighted by Crippen LogP contribution is -2.52. The lowest BCUT2D eigenvalue weighted by Gasteiger charge is -2.41. The Balaban J connectivity index is 1.68. The quantitative estimate of drug-likeness (QED) is 0.859. The Labute approximate surface area is 138 Å². The van der Waals surface area contributed by atoms with E-state index in [0.717, 1.165) is 19.5 Å². The molecule has 0 unspecified atom stereocenters. The molecule has 23 heavy (non-hydrogen) atoms. The highest BCUT2D eigenvalue weighted by Gasteiger charge is 2.36. The number of nitrogens with zero attached hydrogens (tertiary/aromatic N) is 3. The molecule has 0 N–H and O–H groups in total. The van der Waals surface area contributed by atoms with Gasteiger partial charge in [0.15, 0.2) is 0 Å². The van der Waals surface area contributed by atoms with Crippen molar-refractivity contribution >= 4 is 5.91 Å². The van der Waals surface area contributed by atoms with Crippen LogP contribution >= 0.6 is 0 Å². The molecule has 0 aliphatic carbocycles. The van der Waals surface area contributed by atoms with E-state index in [1.54, 1.807) is 25.4 Å². The number of amides is 1. The topological polar surface area (TPSA) is 45.7 Å². The Morgan fingerprint density at radius 3 is 2.57 bits per heavy atom. The van der Waals surface area contributed by atoms with Crippen LogP contribution < -0.4 is 4.74 Å². The molecule has 2 aliphatic heterocycles. The minimum Gasteiger partial charge on any atom is -0.481 e. The van der Waals surface area contributed by atoms with Gasteiger partial charge in [-0.05, 0) is 45.6 Å². The molecule has 3 rings (SSSR count). The number of methoxy groups -OCH3 is 1. The zero-order valence-electron chi connectivity index (χ0n) is 14.4. The van der Waals surface area contributed by atoms with E-state index in [-0.39, 0.29) is 5.91 Å². The first kappa shape index (κ1) is 16.2. The molecular weight excluding hydrogens is 290 g/mol. The second-order valence-corrected chi connectivity index (χ2v) is 6.86. The fraction of sp³-hybridized carbons (Fsp3) is 0.667. The number of rotatable bonds is 3. The van der Waals surface area contributed by atoms with Gasteiger partial charge in [-0.15, -0.1) is 0 Å². The van der Waals surface area contributed by atoms with E-state index in [1.807, 2.05) is 4.90 Å². The van der Waals surface area contributed by atoms with Crippen molar-refractivity contribution in [1.82, 2.24) is 14.8 Å². The van der Waals surface area contributed by atoms with Gasteiger partial charge in [0.25, 0.3) is 5.91 Å². The molecule has 0 saturated carbocycles. The maximum absolute atomic E-state index is 12.7. The smallest absolute Gasteiger partial charge is 0.255 e. The number of piperidine rings is 1. The van der Waals surface area contributed by atoms with Gasteiger partial charge in [-0.25, -0.2) is 4.98 Å². The number of aromatic nitrogens is 1. The second kappa shape index (κ2) is 6.87. The average molecular weight is 317 g/mol. The van der Waals surface area contributed by atoms with E-state index in [0.29, 0.717) is 29.6 Å². The van der Waals surface area contributed by atoms with Crippen molar-refractivity contribution in [3.8, 4) is 5.88 Å². The standard InChI is InChI=1S/C18H27N3O2/c1-13-6-7-14(2)21(13)16-5-4-10-20(12-16)18(22)15-8-9-17(23-3)19-11-15/h8-9,11,13-14,16H,4-7,10,12H2,1-3H3/t13-,14-,16+/m1/s1. The first-order valence-corrected chi connectivity index (χ1v) is 8.67. The molecule has 1 aromatic heterocycles. The predicted octanol–water partition coefficient (Wildman–Crippen LogP) is 2.57. The lowest BCUT2D eigenvalue weighted by atomic mass is 10.0. The highest BCUT2D eigenvalue weighted by Crippen LogP contribution is 2.30. The van der Waals surface area contributed by atoms with Gasteiger partial charge in [-0.1, -0.05) is 0 Å². The Kier molecular flexibility index (Phi) is 4.85. The first-order chi connectivity index (χ1) is 11.1. The van der Waals surface area contributed by atoms with Gasteiger partial charge >= 0.3 is 0 Å². The number of hydrogen-bond donors (Lipinski definition) is 0. The Hall–Kier alpha value is -1.62. The molecule has 1 amide bonds. The minimum atomic E-state index is 0.0874. The third kappa shape index (κ3) is 3.34. The van der Waals surface area contributed by atoms with Crippen LogP contribution in [-0.2, 0) is 0 Å². The molecule has 5 nitrogen and oxygen atoms in total. The van der Waals surface area contributed by atoms with Crippen LogP contribution in [0.5, 0.6) is 5.88 Å². The summed E-state index contributed by atoms with van der Waals surface area (Å²) < 4.78 is 5.06. The molecule has 5 heteroatoms. The molecule has 2 fully saturated rings. The third-order valence-electron chi connectivity index (χ3n) is 5.32. The number of carbonyl (C=O) groups is 1. The monoisotopic (exact) mass is 317 g/mol. The minimum absolute atomic E-state index is 0.0874. The summed E-state index contributed by atoms with van der Waals surface area (Å²) >= 11 is 0.